The van der Waals surface area contributed by atoms with Gasteiger partial charge in [0.15, 0.2) is 11.3 Å². The van der Waals surface area contributed by atoms with Crippen LogP contribution in [0.2, 0.25) is 0 Å². The Morgan fingerprint density at radius 2 is 2.42 bits per heavy atom. The second kappa shape index (κ2) is 2.41. The number of pyridine rings is 1. The fourth-order valence-corrected chi connectivity index (χ4v) is 1.06. The monoisotopic (exact) mass is 165 g/mol. The van der Waals surface area contributed by atoms with E-state index in [-0.39, 0.29) is 11.3 Å². The van der Waals surface area contributed by atoms with Gasteiger partial charge in [0.1, 0.15) is 0 Å². The van der Waals surface area contributed by atoms with Crippen molar-refractivity contribution < 1.29 is 9.15 Å². The quantitative estimate of drug-likeness (QED) is 0.689. The van der Waals surface area contributed by atoms with E-state index in [0.29, 0.717) is 11.1 Å². The molecule has 0 aromatic carbocycles. The largest absolute Gasteiger partial charge is 0.491 e. The molecule has 0 unspecified atom stereocenters. The van der Waals surface area contributed by atoms with Crippen LogP contribution >= 0.6 is 0 Å². The molecule has 0 saturated carbocycles. The Morgan fingerprint density at radius 3 is 3.17 bits per heavy atom. The Bertz CT molecular complexity index is 455. The highest BCUT2D eigenvalue weighted by Gasteiger charge is 2.03. The van der Waals surface area contributed by atoms with Gasteiger partial charge in [-0.05, 0) is 0 Å². The smallest absolute Gasteiger partial charge is 0.290 e. The van der Waals surface area contributed by atoms with Crippen molar-refractivity contribution in [3.63, 3.8) is 0 Å². The molecule has 0 fully saturated rings. The highest BCUT2D eigenvalue weighted by atomic mass is 16.5. The normalized spacial score (nSPS) is 10.4. The average molecular weight is 165 g/mol. The second-order valence-corrected chi connectivity index (χ2v) is 2.37. The van der Waals surface area contributed by atoms with Crippen LogP contribution in [0, 0.1) is 0 Å². The van der Waals surface area contributed by atoms with Crippen LogP contribution in [0.25, 0.3) is 11.1 Å². The lowest BCUT2D eigenvalue weighted by atomic mass is 10.4. The maximum atomic E-state index is 11.1. The molecule has 0 spiro atoms. The lowest BCUT2D eigenvalue weighted by Gasteiger charge is -1.95. The topological polar surface area (TPSA) is 55.2 Å². The molecular formula is C8H7NO3. The molecule has 0 aliphatic heterocycles. The van der Waals surface area contributed by atoms with E-state index in [0.717, 1.165) is 0 Å². The number of nitrogens with one attached hydrogen (secondary N) is 1. The SMILES string of the molecule is COc1cc2occc2[nH]c1=O. The van der Waals surface area contributed by atoms with Crippen molar-refractivity contribution in [1.29, 1.82) is 0 Å². The van der Waals surface area contributed by atoms with Crippen LogP contribution in [-0.2, 0) is 0 Å². The van der Waals surface area contributed by atoms with Crippen molar-refractivity contribution in [3.05, 3.63) is 28.7 Å². The number of ether oxygens (including phenoxy) is 1. The zero-order valence-corrected chi connectivity index (χ0v) is 6.46. The van der Waals surface area contributed by atoms with E-state index in [1.807, 2.05) is 0 Å². The summed E-state index contributed by atoms with van der Waals surface area (Å²) in [5.41, 5.74) is 1.05. The molecule has 0 atom stereocenters. The van der Waals surface area contributed by atoms with Crippen molar-refractivity contribution in [2.24, 2.45) is 0 Å². The minimum absolute atomic E-state index is 0.244. The first kappa shape index (κ1) is 6.97. The lowest BCUT2D eigenvalue weighted by molar-refractivity contribution is 0.408. The number of aromatic nitrogens is 1. The second-order valence-electron chi connectivity index (χ2n) is 2.37. The van der Waals surface area contributed by atoms with Gasteiger partial charge in [-0.3, -0.25) is 4.79 Å². The number of methoxy groups -OCH3 is 1. The van der Waals surface area contributed by atoms with Gasteiger partial charge in [-0.25, -0.2) is 0 Å². The molecule has 62 valence electrons. The van der Waals surface area contributed by atoms with E-state index >= 15 is 0 Å². The van der Waals surface area contributed by atoms with Crippen LogP contribution in [0.1, 0.15) is 0 Å². The summed E-state index contributed by atoms with van der Waals surface area (Å²) in [6.45, 7) is 0. The summed E-state index contributed by atoms with van der Waals surface area (Å²) in [5, 5.41) is 0. The van der Waals surface area contributed by atoms with Gasteiger partial charge in [0.25, 0.3) is 5.56 Å². The summed E-state index contributed by atoms with van der Waals surface area (Å²) in [4.78, 5) is 13.8. The summed E-state index contributed by atoms with van der Waals surface area (Å²) in [6.07, 6.45) is 1.51. The molecule has 4 heteroatoms. The molecule has 0 aliphatic rings. The standard InChI is InChI=1S/C8H7NO3/c1-11-7-4-6-5(2-3-12-6)9-8(7)10/h2-4H,1H3,(H,9,10). The van der Waals surface area contributed by atoms with Crippen LogP contribution in [0.5, 0.6) is 5.75 Å². The number of fused-ring (bicyclic) bond motifs is 1. The first-order valence-electron chi connectivity index (χ1n) is 3.46. The fraction of sp³-hybridized carbons (Fsp3) is 0.125. The van der Waals surface area contributed by atoms with Crippen LogP contribution in [-0.4, -0.2) is 12.1 Å². The molecule has 1 N–H and O–H groups in total. The van der Waals surface area contributed by atoms with Gasteiger partial charge >= 0.3 is 0 Å². The van der Waals surface area contributed by atoms with E-state index in [2.05, 4.69) is 4.98 Å². The molecular weight excluding hydrogens is 158 g/mol. The molecule has 2 aromatic heterocycles. The molecule has 0 saturated heterocycles. The van der Waals surface area contributed by atoms with Gasteiger partial charge in [-0.15, -0.1) is 0 Å². The van der Waals surface area contributed by atoms with Gasteiger partial charge in [0.05, 0.1) is 18.9 Å². The molecule has 0 aliphatic carbocycles. The minimum Gasteiger partial charge on any atom is -0.491 e. The number of hydrogen-bond donors (Lipinski definition) is 1. The Kier molecular flexibility index (Phi) is 1.40. The van der Waals surface area contributed by atoms with Crippen LogP contribution in [0.3, 0.4) is 0 Å². The van der Waals surface area contributed by atoms with Gasteiger partial charge in [-0.1, -0.05) is 0 Å². The van der Waals surface area contributed by atoms with Gasteiger partial charge < -0.3 is 14.1 Å². The van der Waals surface area contributed by atoms with Gasteiger partial charge in [0, 0.05) is 12.1 Å². The van der Waals surface area contributed by atoms with Gasteiger partial charge in [-0.2, -0.15) is 0 Å². The molecule has 2 rings (SSSR count). The molecule has 0 bridgehead atoms. The van der Waals surface area contributed by atoms with Gasteiger partial charge in [0.2, 0.25) is 0 Å². The van der Waals surface area contributed by atoms with Crippen molar-refractivity contribution in [2.45, 2.75) is 0 Å². The van der Waals surface area contributed by atoms with E-state index in [1.165, 1.54) is 13.4 Å². The summed E-state index contributed by atoms with van der Waals surface area (Å²) in [7, 11) is 1.44. The third-order valence-electron chi connectivity index (χ3n) is 1.65. The number of furan rings is 1. The first-order chi connectivity index (χ1) is 5.81. The number of hydrogen-bond acceptors (Lipinski definition) is 3. The van der Waals surface area contributed by atoms with Crippen LogP contribution < -0.4 is 10.3 Å². The lowest BCUT2D eigenvalue weighted by Crippen LogP contribution is -2.07. The van der Waals surface area contributed by atoms with E-state index in [4.69, 9.17) is 9.15 Å². The predicted molar refractivity (Wildman–Crippen MR) is 43.4 cm³/mol. The Morgan fingerprint density at radius 1 is 1.58 bits per heavy atom. The molecule has 2 heterocycles. The van der Waals surface area contributed by atoms with Crippen molar-refractivity contribution in [1.82, 2.24) is 4.98 Å². The third-order valence-corrected chi connectivity index (χ3v) is 1.65. The Labute approximate surface area is 67.8 Å². The van der Waals surface area contributed by atoms with E-state index in [1.54, 1.807) is 12.1 Å². The van der Waals surface area contributed by atoms with Crippen molar-refractivity contribution in [2.75, 3.05) is 7.11 Å². The summed E-state index contributed by atoms with van der Waals surface area (Å²) in [5.74, 6) is 0.262. The molecule has 0 radical (unpaired) electrons. The summed E-state index contributed by atoms with van der Waals surface area (Å²) < 4.78 is 9.88. The Hall–Kier alpha value is -1.71. The minimum atomic E-state index is -0.244. The maximum Gasteiger partial charge on any atom is 0.290 e. The first-order valence-corrected chi connectivity index (χ1v) is 3.46. The van der Waals surface area contributed by atoms with Crippen molar-refractivity contribution >= 4 is 11.1 Å². The zero-order chi connectivity index (χ0) is 8.55. The molecule has 0 amide bonds. The predicted octanol–water partition coefficient (Wildman–Crippen LogP) is 1.13. The zero-order valence-electron chi connectivity index (χ0n) is 6.46. The average Bonchev–Trinajstić information content (AvgIpc) is 2.49. The van der Waals surface area contributed by atoms with Crippen LogP contribution in [0.15, 0.2) is 27.6 Å². The van der Waals surface area contributed by atoms with Crippen LogP contribution in [0.4, 0.5) is 0 Å². The maximum absolute atomic E-state index is 11.1. The molecule has 2 aromatic rings. The van der Waals surface area contributed by atoms with E-state index < -0.39 is 0 Å². The molecule has 12 heavy (non-hydrogen) atoms. The summed E-state index contributed by atoms with van der Waals surface area (Å²) >= 11 is 0. The van der Waals surface area contributed by atoms with Crippen molar-refractivity contribution in [3.8, 4) is 5.75 Å². The highest BCUT2D eigenvalue weighted by Crippen LogP contribution is 2.14. The highest BCUT2D eigenvalue weighted by molar-refractivity contribution is 5.73. The number of H-pyrrole nitrogens is 1. The number of rotatable bonds is 1. The number of aromatic amines is 1. The van der Waals surface area contributed by atoms with E-state index in [9.17, 15) is 4.79 Å². The Balaban J connectivity index is 2.82. The third kappa shape index (κ3) is 0.887. The fourth-order valence-electron chi connectivity index (χ4n) is 1.06. The summed E-state index contributed by atoms with van der Waals surface area (Å²) in [6, 6.07) is 3.25. The molecule has 4 nitrogen and oxygen atoms in total.